The first-order valence-electron chi connectivity index (χ1n) is 14.9. The lowest BCUT2D eigenvalue weighted by Crippen LogP contribution is -2.48. The summed E-state index contributed by atoms with van der Waals surface area (Å²) in [5, 5.41) is 10.4. The Balaban J connectivity index is 1.32. The van der Waals surface area contributed by atoms with Crippen LogP contribution in [0.1, 0.15) is 41.1 Å². The van der Waals surface area contributed by atoms with E-state index in [-0.39, 0.29) is 12.6 Å². The van der Waals surface area contributed by atoms with Crippen LogP contribution in [0.5, 0.6) is 5.75 Å². The van der Waals surface area contributed by atoms with Crippen molar-refractivity contribution < 1.29 is 24.2 Å². The highest BCUT2D eigenvalue weighted by molar-refractivity contribution is 6.30. The zero-order valence-corrected chi connectivity index (χ0v) is 25.9. The third kappa shape index (κ3) is 9.82. The minimum Gasteiger partial charge on any atom is -0.492 e. The molecule has 4 rings (SSSR count). The van der Waals surface area contributed by atoms with Crippen molar-refractivity contribution in [2.45, 2.75) is 25.3 Å². The van der Waals surface area contributed by atoms with Crippen LogP contribution in [0.4, 0.5) is 4.79 Å². The van der Waals surface area contributed by atoms with Crippen molar-refractivity contribution in [1.82, 2.24) is 14.8 Å². The Morgan fingerprint density at radius 1 is 1.00 bits per heavy atom. The molecule has 9 nitrogen and oxygen atoms in total. The van der Waals surface area contributed by atoms with E-state index >= 15 is 0 Å². The number of ether oxygens (including phenoxy) is 2. The highest BCUT2D eigenvalue weighted by Gasteiger charge is 2.26. The molecule has 234 valence electrons. The fourth-order valence-corrected chi connectivity index (χ4v) is 5.50. The molecule has 1 aliphatic rings. The first-order chi connectivity index (χ1) is 21.3. The Kier molecular flexibility index (Phi) is 12.6. The molecule has 1 fully saturated rings. The molecule has 3 aromatic carbocycles. The van der Waals surface area contributed by atoms with Gasteiger partial charge < -0.3 is 14.6 Å². The highest BCUT2D eigenvalue weighted by atomic mass is 35.5. The molecule has 3 N–H and O–H groups in total. The summed E-state index contributed by atoms with van der Waals surface area (Å²) in [6.07, 6.45) is 4.11. The largest absolute Gasteiger partial charge is 0.492 e. The molecule has 0 aromatic heterocycles. The average molecular weight is 621 g/mol. The number of carbonyl (C=O) groups excluding carboxylic acids is 1. The summed E-state index contributed by atoms with van der Waals surface area (Å²) in [5.74, 6) is 5.70. The fourth-order valence-electron chi connectivity index (χ4n) is 5.37. The summed E-state index contributed by atoms with van der Waals surface area (Å²) >= 11 is 6.18. The molecule has 44 heavy (non-hydrogen) atoms. The number of hydrogen-bond acceptors (Lipinski definition) is 7. The van der Waals surface area contributed by atoms with E-state index in [4.69, 9.17) is 32.0 Å². The van der Waals surface area contributed by atoms with Crippen molar-refractivity contribution >= 4 is 29.7 Å². The number of hydrogen-bond donors (Lipinski definition) is 2. The lowest BCUT2D eigenvalue weighted by Gasteiger charge is -2.39. The van der Waals surface area contributed by atoms with E-state index in [1.807, 2.05) is 36.4 Å². The predicted octanol–water partition coefficient (Wildman–Crippen LogP) is 5.49. The third-order valence-electron chi connectivity index (χ3n) is 7.77. The van der Waals surface area contributed by atoms with Gasteiger partial charge in [-0.1, -0.05) is 60.1 Å². The van der Waals surface area contributed by atoms with Crippen LogP contribution in [-0.4, -0.2) is 85.0 Å². The number of methoxy groups -OCH3 is 1. The first kappa shape index (κ1) is 33.0. The molecule has 0 bridgehead atoms. The highest BCUT2D eigenvalue weighted by Crippen LogP contribution is 2.30. The topological polar surface area (TPSA) is 109 Å². The molecule has 10 heteroatoms. The standard InChI is InChI=1S/C34H41ClN4O5/c1-43-32(40)17-13-29-25-26(7-5-6-18-39(36)34(41)42)10-16-31(29)44-24-23-37-19-21-38(22-20-37)33(27-8-3-2-4-9-27)28-11-14-30(35)15-12-28/h2-4,8-17,25,33H,5-7,18-24,36H2,1H3,(H,41,42)/b17-13+/t33-/m1/s1. The second-order valence-electron chi connectivity index (χ2n) is 10.8. The van der Waals surface area contributed by atoms with Gasteiger partial charge >= 0.3 is 12.1 Å². The zero-order chi connectivity index (χ0) is 31.3. The number of piperazine rings is 1. The van der Waals surface area contributed by atoms with Crippen molar-refractivity contribution in [1.29, 1.82) is 0 Å². The molecule has 0 radical (unpaired) electrons. The van der Waals surface area contributed by atoms with Crippen LogP contribution >= 0.6 is 11.6 Å². The molecular formula is C34H41ClN4O5. The van der Waals surface area contributed by atoms with Crippen molar-refractivity contribution in [3.8, 4) is 5.75 Å². The SMILES string of the molecule is COC(=O)/C=C/c1cc(CCCCN(N)C(=O)O)ccc1OCCN1CCN([C@H](c2ccccc2)c2ccc(Cl)cc2)CC1. The van der Waals surface area contributed by atoms with Crippen LogP contribution in [0, 0.1) is 0 Å². The normalized spacial score (nSPS) is 14.8. The maximum absolute atomic E-state index is 11.8. The number of aryl methyl sites for hydroxylation is 1. The van der Waals surface area contributed by atoms with Gasteiger partial charge in [-0.15, -0.1) is 0 Å². The van der Waals surface area contributed by atoms with Gasteiger partial charge in [0, 0.05) is 55.9 Å². The molecule has 1 aliphatic heterocycles. The van der Waals surface area contributed by atoms with Gasteiger partial charge in [0.25, 0.3) is 0 Å². The summed E-state index contributed by atoms with van der Waals surface area (Å²) < 4.78 is 11.0. The summed E-state index contributed by atoms with van der Waals surface area (Å²) in [7, 11) is 1.34. The number of halogens is 1. The number of hydrazine groups is 1. The molecule has 1 atom stereocenters. The minimum absolute atomic E-state index is 0.168. The maximum atomic E-state index is 11.8. The number of carboxylic acid groups (broad SMARTS) is 1. The van der Waals surface area contributed by atoms with Crippen molar-refractivity contribution in [3.05, 3.63) is 106 Å². The van der Waals surface area contributed by atoms with Crippen LogP contribution < -0.4 is 10.6 Å². The van der Waals surface area contributed by atoms with Crippen LogP contribution in [0.15, 0.2) is 78.9 Å². The lowest BCUT2D eigenvalue weighted by molar-refractivity contribution is -0.134. The molecular weight excluding hydrogens is 580 g/mol. The van der Waals surface area contributed by atoms with Gasteiger partial charge in [0.2, 0.25) is 0 Å². The number of nitrogens with two attached hydrogens (primary N) is 1. The first-order valence-corrected chi connectivity index (χ1v) is 15.3. The molecule has 0 saturated carbocycles. The molecule has 0 aliphatic carbocycles. The van der Waals surface area contributed by atoms with E-state index in [1.165, 1.54) is 24.3 Å². The van der Waals surface area contributed by atoms with Gasteiger partial charge in [0.1, 0.15) is 12.4 Å². The predicted molar refractivity (Wildman–Crippen MR) is 173 cm³/mol. The van der Waals surface area contributed by atoms with E-state index in [2.05, 4.69) is 46.2 Å². The Labute approximate surface area is 264 Å². The smallest absolute Gasteiger partial charge is 0.421 e. The van der Waals surface area contributed by atoms with Gasteiger partial charge in [0.05, 0.1) is 13.2 Å². The van der Waals surface area contributed by atoms with Gasteiger partial charge in [-0.25, -0.2) is 20.4 Å². The molecule has 0 unspecified atom stereocenters. The number of esters is 1. The Hall–Kier alpha value is -3.89. The van der Waals surface area contributed by atoms with E-state index in [1.54, 1.807) is 6.08 Å². The van der Waals surface area contributed by atoms with E-state index in [0.717, 1.165) is 66.7 Å². The van der Waals surface area contributed by atoms with Crippen LogP contribution in [0.3, 0.4) is 0 Å². The summed E-state index contributed by atoms with van der Waals surface area (Å²) in [6, 6.07) is 24.8. The second-order valence-corrected chi connectivity index (χ2v) is 11.2. The van der Waals surface area contributed by atoms with E-state index < -0.39 is 12.1 Å². The van der Waals surface area contributed by atoms with Crippen molar-refractivity contribution in [2.24, 2.45) is 5.84 Å². The molecule has 1 amide bonds. The average Bonchev–Trinajstić information content (AvgIpc) is 3.04. The third-order valence-corrected chi connectivity index (χ3v) is 8.02. The number of carbonyl (C=O) groups is 2. The van der Waals surface area contributed by atoms with Gasteiger partial charge in [-0.3, -0.25) is 9.80 Å². The Morgan fingerprint density at radius 2 is 1.70 bits per heavy atom. The van der Waals surface area contributed by atoms with Crippen molar-refractivity contribution in [3.63, 3.8) is 0 Å². The summed E-state index contributed by atoms with van der Waals surface area (Å²) in [6.45, 7) is 5.28. The van der Waals surface area contributed by atoms with E-state index in [9.17, 15) is 9.59 Å². The quantitative estimate of drug-likeness (QED) is 0.0608. The van der Waals surface area contributed by atoms with Gasteiger partial charge in [0.15, 0.2) is 0 Å². The number of rotatable bonds is 14. The lowest BCUT2D eigenvalue weighted by atomic mass is 9.96. The zero-order valence-electron chi connectivity index (χ0n) is 25.1. The van der Waals surface area contributed by atoms with Crippen LogP contribution in [-0.2, 0) is 16.0 Å². The number of amides is 1. The molecule has 3 aromatic rings. The number of benzene rings is 3. The second kappa shape index (κ2) is 16.8. The van der Waals surface area contributed by atoms with Gasteiger partial charge in [-0.05, 0) is 66.3 Å². The molecule has 0 spiro atoms. The molecule has 1 saturated heterocycles. The van der Waals surface area contributed by atoms with Gasteiger partial charge in [-0.2, -0.15) is 0 Å². The Bertz CT molecular complexity index is 1380. The minimum atomic E-state index is -1.14. The summed E-state index contributed by atoms with van der Waals surface area (Å²) in [4.78, 5) is 27.6. The number of nitrogens with zero attached hydrogens (tertiary/aromatic N) is 3. The number of unbranched alkanes of at least 4 members (excludes halogenated alkanes) is 1. The summed E-state index contributed by atoms with van der Waals surface area (Å²) in [5.41, 5.74) is 4.35. The van der Waals surface area contributed by atoms with Crippen LogP contribution in [0.25, 0.3) is 6.08 Å². The van der Waals surface area contributed by atoms with Crippen molar-refractivity contribution in [2.75, 3.05) is 53.0 Å². The monoisotopic (exact) mass is 620 g/mol. The maximum Gasteiger partial charge on any atom is 0.421 e. The van der Waals surface area contributed by atoms with E-state index in [0.29, 0.717) is 18.8 Å². The fraction of sp³-hybridized carbons (Fsp3) is 0.353. The molecule has 1 heterocycles. The Morgan fingerprint density at radius 3 is 2.39 bits per heavy atom. The van der Waals surface area contributed by atoms with Crippen LogP contribution in [0.2, 0.25) is 5.02 Å².